The Hall–Kier alpha value is -1.42. The largest absolute Gasteiger partial charge is 0.495 e. The standard InChI is InChI=1S/C13H21N3O/c1-3-15-10-6-7-16(9-10)11-4-5-12(14)13(8-11)17-2/h4-5,8,10,15H,3,6-7,9,14H2,1-2H3/t10-/m0/s1. The normalized spacial score (nSPS) is 19.6. The summed E-state index contributed by atoms with van der Waals surface area (Å²) in [6.45, 7) is 5.32. The average Bonchev–Trinajstić information content (AvgIpc) is 2.79. The minimum atomic E-state index is 0.601. The summed E-state index contributed by atoms with van der Waals surface area (Å²) in [4.78, 5) is 2.37. The highest BCUT2D eigenvalue weighted by molar-refractivity contribution is 5.62. The predicted molar refractivity (Wildman–Crippen MR) is 71.7 cm³/mol. The van der Waals surface area contributed by atoms with Crippen molar-refractivity contribution < 1.29 is 4.74 Å². The molecule has 0 unspecified atom stereocenters. The third-order valence-corrected chi connectivity index (χ3v) is 3.26. The molecule has 4 heteroatoms. The number of rotatable bonds is 4. The summed E-state index contributed by atoms with van der Waals surface area (Å²) in [6.07, 6.45) is 1.19. The van der Waals surface area contributed by atoms with E-state index in [1.165, 1.54) is 12.1 Å². The highest BCUT2D eigenvalue weighted by Gasteiger charge is 2.22. The molecule has 3 N–H and O–H groups in total. The number of nitrogens with one attached hydrogen (secondary N) is 1. The fourth-order valence-electron chi connectivity index (χ4n) is 2.35. The lowest BCUT2D eigenvalue weighted by atomic mass is 10.2. The predicted octanol–water partition coefficient (Wildman–Crippen LogP) is 1.47. The molecule has 0 aliphatic carbocycles. The molecule has 2 rings (SSSR count). The fraction of sp³-hybridized carbons (Fsp3) is 0.538. The quantitative estimate of drug-likeness (QED) is 0.776. The Morgan fingerprint density at radius 1 is 1.53 bits per heavy atom. The summed E-state index contributed by atoms with van der Waals surface area (Å²) in [6, 6.07) is 6.59. The summed E-state index contributed by atoms with van der Waals surface area (Å²) < 4.78 is 5.25. The van der Waals surface area contributed by atoms with E-state index in [0.29, 0.717) is 11.7 Å². The summed E-state index contributed by atoms with van der Waals surface area (Å²) >= 11 is 0. The van der Waals surface area contributed by atoms with Crippen LogP contribution in [-0.4, -0.2) is 32.8 Å². The summed E-state index contributed by atoms with van der Waals surface area (Å²) in [5.74, 6) is 0.759. The number of hydrogen-bond donors (Lipinski definition) is 2. The summed E-state index contributed by atoms with van der Waals surface area (Å²) in [5, 5.41) is 3.49. The van der Waals surface area contributed by atoms with E-state index in [0.717, 1.165) is 25.4 Å². The van der Waals surface area contributed by atoms with Gasteiger partial charge in [-0.3, -0.25) is 0 Å². The molecule has 1 saturated heterocycles. The smallest absolute Gasteiger partial charge is 0.143 e. The minimum absolute atomic E-state index is 0.601. The number of nitrogen functional groups attached to an aromatic ring is 1. The first kappa shape index (κ1) is 12.0. The maximum atomic E-state index is 5.82. The number of likely N-dealkylation sites (N-methyl/N-ethyl adjacent to an activating group) is 1. The van der Waals surface area contributed by atoms with Crippen LogP contribution in [0.15, 0.2) is 18.2 Å². The van der Waals surface area contributed by atoms with Crippen LogP contribution >= 0.6 is 0 Å². The molecule has 1 heterocycles. The second-order valence-corrected chi connectivity index (χ2v) is 4.42. The number of hydrogen-bond acceptors (Lipinski definition) is 4. The van der Waals surface area contributed by atoms with Crippen molar-refractivity contribution in [3.05, 3.63) is 18.2 Å². The van der Waals surface area contributed by atoms with Crippen LogP contribution in [0, 0.1) is 0 Å². The van der Waals surface area contributed by atoms with Gasteiger partial charge in [-0.15, -0.1) is 0 Å². The van der Waals surface area contributed by atoms with Crippen LogP contribution in [0.4, 0.5) is 11.4 Å². The van der Waals surface area contributed by atoms with Gasteiger partial charge in [-0.05, 0) is 25.1 Å². The van der Waals surface area contributed by atoms with Gasteiger partial charge in [0.1, 0.15) is 5.75 Å². The van der Waals surface area contributed by atoms with Crippen molar-refractivity contribution in [2.24, 2.45) is 0 Å². The molecule has 0 amide bonds. The second-order valence-electron chi connectivity index (χ2n) is 4.42. The molecule has 0 spiro atoms. The van der Waals surface area contributed by atoms with Crippen LogP contribution in [0.3, 0.4) is 0 Å². The van der Waals surface area contributed by atoms with Crippen molar-refractivity contribution in [3.63, 3.8) is 0 Å². The Labute approximate surface area is 103 Å². The van der Waals surface area contributed by atoms with Crippen LogP contribution in [0.25, 0.3) is 0 Å². The molecule has 0 saturated carbocycles. The maximum absolute atomic E-state index is 5.82. The van der Waals surface area contributed by atoms with Crippen molar-refractivity contribution in [1.29, 1.82) is 0 Å². The Balaban J connectivity index is 2.08. The summed E-state index contributed by atoms with van der Waals surface area (Å²) in [5.41, 5.74) is 7.70. The molecule has 0 bridgehead atoms. The maximum Gasteiger partial charge on any atom is 0.143 e. The lowest BCUT2D eigenvalue weighted by Gasteiger charge is -2.20. The molecule has 1 atom stereocenters. The van der Waals surface area contributed by atoms with E-state index in [2.05, 4.69) is 23.2 Å². The zero-order valence-corrected chi connectivity index (χ0v) is 10.6. The number of nitrogens with two attached hydrogens (primary N) is 1. The second kappa shape index (κ2) is 5.27. The number of methoxy groups -OCH3 is 1. The minimum Gasteiger partial charge on any atom is -0.495 e. The van der Waals surface area contributed by atoms with Crippen LogP contribution < -0.4 is 20.7 Å². The number of ether oxygens (including phenoxy) is 1. The first-order chi connectivity index (χ1) is 8.24. The van der Waals surface area contributed by atoms with E-state index in [-0.39, 0.29) is 0 Å². The fourth-order valence-corrected chi connectivity index (χ4v) is 2.35. The van der Waals surface area contributed by atoms with Gasteiger partial charge in [0.05, 0.1) is 12.8 Å². The van der Waals surface area contributed by atoms with E-state index < -0.39 is 0 Å². The Morgan fingerprint density at radius 2 is 2.35 bits per heavy atom. The van der Waals surface area contributed by atoms with E-state index in [1.54, 1.807) is 7.11 Å². The zero-order chi connectivity index (χ0) is 12.3. The molecule has 4 nitrogen and oxygen atoms in total. The molecule has 94 valence electrons. The van der Waals surface area contributed by atoms with Gasteiger partial charge in [0.15, 0.2) is 0 Å². The molecular weight excluding hydrogens is 214 g/mol. The van der Waals surface area contributed by atoms with E-state index in [4.69, 9.17) is 10.5 Å². The average molecular weight is 235 g/mol. The number of nitrogens with zero attached hydrogens (tertiary/aromatic N) is 1. The van der Waals surface area contributed by atoms with E-state index >= 15 is 0 Å². The van der Waals surface area contributed by atoms with Crippen molar-refractivity contribution in [2.75, 3.05) is 37.4 Å². The first-order valence-electron chi connectivity index (χ1n) is 6.16. The van der Waals surface area contributed by atoms with Crippen molar-refractivity contribution in [2.45, 2.75) is 19.4 Å². The molecule has 1 aliphatic heterocycles. The van der Waals surface area contributed by atoms with Crippen molar-refractivity contribution >= 4 is 11.4 Å². The van der Waals surface area contributed by atoms with Gasteiger partial charge in [0.2, 0.25) is 0 Å². The van der Waals surface area contributed by atoms with Crippen LogP contribution in [0.5, 0.6) is 5.75 Å². The van der Waals surface area contributed by atoms with E-state index in [9.17, 15) is 0 Å². The topological polar surface area (TPSA) is 50.5 Å². The lowest BCUT2D eigenvalue weighted by molar-refractivity contribution is 0.417. The first-order valence-corrected chi connectivity index (χ1v) is 6.16. The van der Waals surface area contributed by atoms with Gasteiger partial charge in [-0.25, -0.2) is 0 Å². The molecule has 1 aromatic rings. The monoisotopic (exact) mass is 235 g/mol. The van der Waals surface area contributed by atoms with Crippen LogP contribution in [0.1, 0.15) is 13.3 Å². The Bertz CT molecular complexity index is 381. The Morgan fingerprint density at radius 3 is 3.06 bits per heavy atom. The van der Waals surface area contributed by atoms with Gasteiger partial charge >= 0.3 is 0 Å². The lowest BCUT2D eigenvalue weighted by Crippen LogP contribution is -2.32. The summed E-state index contributed by atoms with van der Waals surface area (Å²) in [7, 11) is 1.65. The molecule has 1 fully saturated rings. The van der Waals surface area contributed by atoms with Crippen molar-refractivity contribution in [1.82, 2.24) is 5.32 Å². The van der Waals surface area contributed by atoms with Gasteiger partial charge in [-0.1, -0.05) is 6.92 Å². The SMILES string of the molecule is CCN[C@H]1CCN(c2ccc(N)c(OC)c2)C1. The number of benzene rings is 1. The molecule has 1 aliphatic rings. The Kier molecular flexibility index (Phi) is 3.74. The molecule has 0 radical (unpaired) electrons. The van der Waals surface area contributed by atoms with Gasteiger partial charge in [0.25, 0.3) is 0 Å². The third kappa shape index (κ3) is 2.64. The van der Waals surface area contributed by atoms with Gasteiger partial charge < -0.3 is 20.7 Å². The number of anilines is 2. The molecule has 17 heavy (non-hydrogen) atoms. The van der Waals surface area contributed by atoms with E-state index in [1.807, 2.05) is 12.1 Å². The third-order valence-electron chi connectivity index (χ3n) is 3.26. The van der Waals surface area contributed by atoms with Gasteiger partial charge in [0, 0.05) is 30.9 Å². The zero-order valence-electron chi connectivity index (χ0n) is 10.6. The highest BCUT2D eigenvalue weighted by Crippen LogP contribution is 2.29. The van der Waals surface area contributed by atoms with Crippen LogP contribution in [0.2, 0.25) is 0 Å². The van der Waals surface area contributed by atoms with Crippen molar-refractivity contribution in [3.8, 4) is 5.75 Å². The highest BCUT2D eigenvalue weighted by atomic mass is 16.5. The van der Waals surface area contributed by atoms with Crippen LogP contribution in [-0.2, 0) is 0 Å². The van der Waals surface area contributed by atoms with Gasteiger partial charge in [-0.2, -0.15) is 0 Å². The molecular formula is C13H21N3O. The molecule has 0 aromatic heterocycles. The molecule has 1 aromatic carbocycles.